The molecule has 9 nitrogen and oxygen atoms in total. The zero-order valence-electron chi connectivity index (χ0n) is 20.7. The maximum Gasteiger partial charge on any atom is 0.297 e. The first-order chi connectivity index (χ1) is 16.6. The molecule has 1 rings (SSSR count). The van der Waals surface area contributed by atoms with Crippen molar-refractivity contribution in [1.82, 2.24) is 0 Å². The van der Waals surface area contributed by atoms with Crippen molar-refractivity contribution in [2.45, 2.75) is 38.0 Å². The summed E-state index contributed by atoms with van der Waals surface area (Å²) in [5, 5.41) is 0. The van der Waals surface area contributed by atoms with Crippen LogP contribution in [0.15, 0.2) is 29.2 Å². The summed E-state index contributed by atoms with van der Waals surface area (Å²) in [5.74, 6) is 0. The molecule has 0 atom stereocenters. The molecule has 0 aliphatic heterocycles. The average Bonchev–Trinajstić information content (AvgIpc) is 2.82. The van der Waals surface area contributed by atoms with Crippen LogP contribution >= 0.6 is 0 Å². The molecule has 0 spiro atoms. The predicted octanol–water partition coefficient (Wildman–Crippen LogP) is 2.99. The fourth-order valence-electron chi connectivity index (χ4n) is 2.63. The Morgan fingerprint density at radius 3 is 1.35 bits per heavy atom. The van der Waals surface area contributed by atoms with E-state index in [9.17, 15) is 8.42 Å². The monoisotopic (exact) mass is 506 g/mol. The van der Waals surface area contributed by atoms with Crippen molar-refractivity contribution in [3.8, 4) is 0 Å². The highest BCUT2D eigenvalue weighted by molar-refractivity contribution is 7.86. The molecule has 0 fully saturated rings. The molecular formula is C24H42O9S. The number of ether oxygens (including phenoxy) is 6. The summed E-state index contributed by atoms with van der Waals surface area (Å²) in [6, 6.07) is 6.50. The van der Waals surface area contributed by atoms with Crippen molar-refractivity contribution in [3.63, 3.8) is 0 Å². The fraction of sp³-hybridized carbons (Fsp3) is 0.750. The van der Waals surface area contributed by atoms with E-state index in [1.807, 2.05) is 6.92 Å². The minimum absolute atomic E-state index is 0.0445. The largest absolute Gasteiger partial charge is 0.379 e. The summed E-state index contributed by atoms with van der Waals surface area (Å²) >= 11 is 0. The Balaban J connectivity index is 1.78. The summed E-state index contributed by atoms with van der Waals surface area (Å²) in [6.07, 6.45) is 3.52. The Labute approximate surface area is 205 Å². The van der Waals surface area contributed by atoms with Crippen molar-refractivity contribution in [3.05, 3.63) is 29.8 Å². The van der Waals surface area contributed by atoms with Gasteiger partial charge < -0.3 is 28.4 Å². The second-order valence-corrected chi connectivity index (χ2v) is 9.09. The highest BCUT2D eigenvalue weighted by atomic mass is 32.2. The summed E-state index contributed by atoms with van der Waals surface area (Å²) in [6.45, 7) is 9.93. The minimum Gasteiger partial charge on any atom is -0.379 e. The predicted molar refractivity (Wildman–Crippen MR) is 129 cm³/mol. The lowest BCUT2D eigenvalue weighted by Gasteiger charge is -2.09. The van der Waals surface area contributed by atoms with Crippen LogP contribution in [0.2, 0.25) is 0 Å². The van der Waals surface area contributed by atoms with Crippen LogP contribution in [0, 0.1) is 6.92 Å². The van der Waals surface area contributed by atoms with Gasteiger partial charge in [-0.25, -0.2) is 0 Å². The van der Waals surface area contributed by atoms with Gasteiger partial charge in [-0.2, -0.15) is 8.42 Å². The van der Waals surface area contributed by atoms with E-state index in [1.165, 1.54) is 25.0 Å². The Morgan fingerprint density at radius 1 is 0.559 bits per heavy atom. The second-order valence-electron chi connectivity index (χ2n) is 7.47. The molecule has 0 amide bonds. The molecule has 0 N–H and O–H groups in total. The van der Waals surface area contributed by atoms with E-state index in [0.717, 1.165) is 18.6 Å². The van der Waals surface area contributed by atoms with E-state index >= 15 is 0 Å². The number of rotatable bonds is 24. The Bertz CT molecular complexity index is 680. The molecule has 1 aromatic rings. The van der Waals surface area contributed by atoms with Gasteiger partial charge in [-0.3, -0.25) is 4.18 Å². The van der Waals surface area contributed by atoms with Crippen LogP contribution in [0.4, 0.5) is 0 Å². The fourth-order valence-corrected chi connectivity index (χ4v) is 3.52. The van der Waals surface area contributed by atoms with E-state index in [4.69, 9.17) is 32.6 Å². The van der Waals surface area contributed by atoms with Crippen LogP contribution in [0.3, 0.4) is 0 Å². The molecule has 0 unspecified atom stereocenters. The molecule has 34 heavy (non-hydrogen) atoms. The van der Waals surface area contributed by atoms with Crippen molar-refractivity contribution in [2.75, 3.05) is 85.9 Å². The Kier molecular flexibility index (Phi) is 19.3. The van der Waals surface area contributed by atoms with Crippen LogP contribution in [-0.4, -0.2) is 94.3 Å². The van der Waals surface area contributed by atoms with Crippen molar-refractivity contribution in [2.24, 2.45) is 0 Å². The van der Waals surface area contributed by atoms with Crippen LogP contribution in [-0.2, 0) is 42.7 Å². The Hall–Kier alpha value is -1.11. The first-order valence-corrected chi connectivity index (χ1v) is 13.4. The molecule has 0 saturated heterocycles. The van der Waals surface area contributed by atoms with Gasteiger partial charge >= 0.3 is 0 Å². The topological polar surface area (TPSA) is 98.8 Å². The molecular weight excluding hydrogens is 464 g/mol. The van der Waals surface area contributed by atoms with Crippen molar-refractivity contribution >= 4 is 10.1 Å². The zero-order chi connectivity index (χ0) is 24.7. The zero-order valence-corrected chi connectivity index (χ0v) is 21.5. The maximum atomic E-state index is 12.0. The Morgan fingerprint density at radius 2 is 0.941 bits per heavy atom. The lowest BCUT2D eigenvalue weighted by atomic mass is 10.2. The van der Waals surface area contributed by atoms with Crippen molar-refractivity contribution < 1.29 is 41.0 Å². The summed E-state index contributed by atoms with van der Waals surface area (Å²) in [5.41, 5.74) is 0.983. The lowest BCUT2D eigenvalue weighted by Crippen LogP contribution is -2.15. The smallest absolute Gasteiger partial charge is 0.297 e. The van der Waals surface area contributed by atoms with Crippen LogP contribution < -0.4 is 0 Å². The average molecular weight is 507 g/mol. The number of hydrogen-bond donors (Lipinski definition) is 0. The van der Waals surface area contributed by atoms with Gasteiger partial charge in [0.05, 0.1) is 84.2 Å². The number of benzene rings is 1. The van der Waals surface area contributed by atoms with Crippen molar-refractivity contribution in [1.29, 1.82) is 0 Å². The molecule has 0 aliphatic carbocycles. The molecule has 198 valence electrons. The highest BCUT2D eigenvalue weighted by Crippen LogP contribution is 2.12. The van der Waals surface area contributed by atoms with E-state index < -0.39 is 10.1 Å². The van der Waals surface area contributed by atoms with E-state index in [1.54, 1.807) is 12.1 Å². The van der Waals surface area contributed by atoms with Crippen LogP contribution in [0.25, 0.3) is 0 Å². The third-order valence-electron chi connectivity index (χ3n) is 4.53. The molecule has 0 aliphatic rings. The second kappa shape index (κ2) is 21.2. The molecule has 0 bridgehead atoms. The van der Waals surface area contributed by atoms with Gasteiger partial charge in [0.2, 0.25) is 0 Å². The van der Waals surface area contributed by atoms with E-state index in [0.29, 0.717) is 66.1 Å². The van der Waals surface area contributed by atoms with E-state index in [2.05, 4.69) is 6.92 Å². The van der Waals surface area contributed by atoms with Gasteiger partial charge in [-0.15, -0.1) is 0 Å². The summed E-state index contributed by atoms with van der Waals surface area (Å²) < 4.78 is 61.4. The first kappa shape index (κ1) is 30.9. The molecule has 10 heteroatoms. The minimum atomic E-state index is -3.75. The molecule has 0 heterocycles. The third kappa shape index (κ3) is 17.3. The van der Waals surface area contributed by atoms with Crippen LogP contribution in [0.5, 0.6) is 0 Å². The number of hydrogen-bond acceptors (Lipinski definition) is 9. The molecule has 0 saturated carbocycles. The highest BCUT2D eigenvalue weighted by Gasteiger charge is 2.14. The number of unbranched alkanes of at least 4 members (excludes halogenated alkanes) is 2. The first-order valence-electron chi connectivity index (χ1n) is 12.0. The maximum absolute atomic E-state index is 12.0. The van der Waals surface area contributed by atoms with Gasteiger partial charge in [-0.05, 0) is 25.5 Å². The number of aryl methyl sites for hydroxylation is 1. The van der Waals surface area contributed by atoms with Crippen LogP contribution in [0.1, 0.15) is 31.7 Å². The SMILES string of the molecule is CCCCCOCCOCCOCCOCCOCCOCCOS(=O)(=O)c1ccc(C)cc1. The summed E-state index contributed by atoms with van der Waals surface area (Å²) in [4.78, 5) is 0.138. The van der Waals surface area contributed by atoms with Gasteiger partial charge in [0.25, 0.3) is 10.1 Å². The molecule has 0 aromatic heterocycles. The third-order valence-corrected chi connectivity index (χ3v) is 5.85. The van der Waals surface area contributed by atoms with Gasteiger partial charge in [0.15, 0.2) is 0 Å². The normalized spacial score (nSPS) is 11.8. The summed E-state index contributed by atoms with van der Waals surface area (Å²) in [7, 11) is -3.75. The quantitative estimate of drug-likeness (QED) is 0.155. The molecule has 0 radical (unpaired) electrons. The standard InChI is InChI=1S/C24H42O9S/c1-3-4-5-10-27-11-12-28-13-14-29-15-16-30-17-18-31-19-20-32-21-22-33-34(25,26)24-8-6-23(2)7-9-24/h6-9H,3-5,10-22H2,1-2H3. The molecule has 1 aromatic carbocycles. The lowest BCUT2D eigenvalue weighted by molar-refractivity contribution is -0.0178. The van der Waals surface area contributed by atoms with Gasteiger partial charge in [0, 0.05) is 6.61 Å². The van der Waals surface area contributed by atoms with E-state index in [-0.39, 0.29) is 18.1 Å². The van der Waals surface area contributed by atoms with Gasteiger partial charge in [0.1, 0.15) is 0 Å². The van der Waals surface area contributed by atoms with Gasteiger partial charge in [-0.1, -0.05) is 37.5 Å².